The summed E-state index contributed by atoms with van der Waals surface area (Å²) >= 11 is 0. The molecule has 15 heavy (non-hydrogen) atoms. The Morgan fingerprint density at radius 1 is 1.47 bits per heavy atom. The molecule has 0 aliphatic carbocycles. The maximum absolute atomic E-state index is 9.60. The molecule has 3 heteroatoms. The highest BCUT2D eigenvalue weighted by molar-refractivity contribution is 5.14. The van der Waals surface area contributed by atoms with Gasteiger partial charge in [0, 0.05) is 18.7 Å². The number of furan rings is 1. The van der Waals surface area contributed by atoms with Crippen LogP contribution in [-0.2, 0) is 6.54 Å². The lowest BCUT2D eigenvalue weighted by molar-refractivity contribution is 0.0599. The highest BCUT2D eigenvalue weighted by atomic mass is 16.3. The van der Waals surface area contributed by atoms with Crippen LogP contribution in [0.25, 0.3) is 0 Å². The van der Waals surface area contributed by atoms with Crippen LogP contribution in [0.3, 0.4) is 0 Å². The zero-order chi connectivity index (χ0) is 11.5. The Balaban J connectivity index is 2.37. The fourth-order valence-electron chi connectivity index (χ4n) is 1.41. The van der Waals surface area contributed by atoms with Crippen molar-refractivity contribution >= 4 is 0 Å². The fourth-order valence-corrected chi connectivity index (χ4v) is 1.41. The van der Waals surface area contributed by atoms with Crippen molar-refractivity contribution in [2.75, 3.05) is 13.6 Å². The molecule has 0 fully saturated rings. The van der Waals surface area contributed by atoms with E-state index in [1.165, 1.54) is 5.56 Å². The summed E-state index contributed by atoms with van der Waals surface area (Å²) in [5, 5.41) is 9.60. The molecule has 86 valence electrons. The Bertz CT molecular complexity index is 299. The van der Waals surface area contributed by atoms with E-state index in [-0.39, 0.29) is 0 Å². The van der Waals surface area contributed by atoms with Crippen molar-refractivity contribution < 1.29 is 9.52 Å². The van der Waals surface area contributed by atoms with Gasteiger partial charge in [0.1, 0.15) is 5.76 Å². The minimum absolute atomic E-state index is 0.584. The zero-order valence-corrected chi connectivity index (χ0v) is 10.1. The highest BCUT2D eigenvalue weighted by Gasteiger charge is 2.14. The molecule has 0 unspecified atom stereocenters. The minimum Gasteiger partial charge on any atom is -0.469 e. The van der Waals surface area contributed by atoms with Gasteiger partial charge in [0.15, 0.2) is 0 Å². The molecule has 3 nitrogen and oxygen atoms in total. The van der Waals surface area contributed by atoms with Crippen LogP contribution >= 0.6 is 0 Å². The van der Waals surface area contributed by atoms with Gasteiger partial charge in [-0.1, -0.05) is 0 Å². The second-order valence-corrected chi connectivity index (χ2v) is 4.80. The molecule has 0 radical (unpaired) electrons. The number of hydrogen-bond donors (Lipinski definition) is 1. The van der Waals surface area contributed by atoms with Crippen molar-refractivity contribution in [1.82, 2.24) is 4.90 Å². The molecule has 0 aliphatic heterocycles. The van der Waals surface area contributed by atoms with Crippen LogP contribution < -0.4 is 0 Å². The smallest absolute Gasteiger partial charge is 0.105 e. The van der Waals surface area contributed by atoms with Crippen molar-refractivity contribution in [2.45, 2.75) is 39.3 Å². The van der Waals surface area contributed by atoms with Crippen molar-refractivity contribution in [3.8, 4) is 0 Å². The fraction of sp³-hybridized carbons (Fsp3) is 0.667. The quantitative estimate of drug-likeness (QED) is 0.811. The summed E-state index contributed by atoms with van der Waals surface area (Å²) in [6, 6.07) is 2.00. The number of hydrogen-bond acceptors (Lipinski definition) is 3. The Labute approximate surface area is 91.7 Å². The monoisotopic (exact) mass is 211 g/mol. The molecule has 0 bridgehead atoms. The average molecular weight is 211 g/mol. The van der Waals surface area contributed by atoms with E-state index in [0.29, 0.717) is 0 Å². The zero-order valence-electron chi connectivity index (χ0n) is 10.1. The molecule has 0 spiro atoms. The van der Waals surface area contributed by atoms with Gasteiger partial charge in [0.05, 0.1) is 11.9 Å². The van der Waals surface area contributed by atoms with E-state index < -0.39 is 5.60 Å². The lowest BCUT2D eigenvalue weighted by atomic mass is 10.1. The van der Waals surface area contributed by atoms with E-state index in [9.17, 15) is 5.11 Å². The van der Waals surface area contributed by atoms with Gasteiger partial charge in [0.2, 0.25) is 0 Å². The van der Waals surface area contributed by atoms with Crippen LogP contribution in [0, 0.1) is 6.92 Å². The van der Waals surface area contributed by atoms with E-state index in [1.54, 1.807) is 6.26 Å². The summed E-state index contributed by atoms with van der Waals surface area (Å²) in [4.78, 5) is 2.19. The van der Waals surface area contributed by atoms with Crippen molar-refractivity contribution in [3.05, 3.63) is 23.7 Å². The van der Waals surface area contributed by atoms with Crippen LogP contribution in [0.4, 0.5) is 0 Å². The minimum atomic E-state index is -0.584. The molecule has 0 saturated carbocycles. The van der Waals surface area contributed by atoms with Gasteiger partial charge < -0.3 is 14.4 Å². The average Bonchev–Trinajstić information content (AvgIpc) is 2.47. The van der Waals surface area contributed by atoms with Gasteiger partial charge in [-0.05, 0) is 40.3 Å². The number of rotatable bonds is 5. The Kier molecular flexibility index (Phi) is 3.94. The molecular weight excluding hydrogens is 190 g/mol. The summed E-state index contributed by atoms with van der Waals surface area (Å²) in [6.45, 7) is 7.40. The van der Waals surface area contributed by atoms with Gasteiger partial charge in [-0.25, -0.2) is 0 Å². The van der Waals surface area contributed by atoms with E-state index in [1.807, 2.05) is 26.8 Å². The Hall–Kier alpha value is -0.800. The summed E-state index contributed by atoms with van der Waals surface area (Å²) < 4.78 is 5.23. The van der Waals surface area contributed by atoms with Crippen molar-refractivity contribution in [2.24, 2.45) is 0 Å². The molecule has 1 heterocycles. The first-order valence-corrected chi connectivity index (χ1v) is 5.32. The van der Waals surface area contributed by atoms with Crippen LogP contribution in [0.2, 0.25) is 0 Å². The Morgan fingerprint density at radius 3 is 2.60 bits per heavy atom. The number of aryl methyl sites for hydroxylation is 1. The maximum Gasteiger partial charge on any atom is 0.105 e. The molecule has 0 saturated heterocycles. The van der Waals surface area contributed by atoms with E-state index in [2.05, 4.69) is 11.9 Å². The second-order valence-electron chi connectivity index (χ2n) is 4.80. The van der Waals surface area contributed by atoms with Gasteiger partial charge in [-0.2, -0.15) is 0 Å². The molecule has 0 amide bonds. The van der Waals surface area contributed by atoms with Crippen LogP contribution in [0.1, 0.15) is 31.6 Å². The predicted molar refractivity (Wildman–Crippen MR) is 60.7 cm³/mol. The summed E-state index contributed by atoms with van der Waals surface area (Å²) in [5.41, 5.74) is 0.632. The lowest BCUT2D eigenvalue weighted by Crippen LogP contribution is -2.28. The lowest BCUT2D eigenvalue weighted by Gasteiger charge is -2.22. The van der Waals surface area contributed by atoms with Crippen molar-refractivity contribution in [3.63, 3.8) is 0 Å². The van der Waals surface area contributed by atoms with Gasteiger partial charge in [-0.15, -0.1) is 0 Å². The molecule has 0 atom stereocenters. The summed E-state index contributed by atoms with van der Waals surface area (Å²) in [5.74, 6) is 0.977. The molecule has 1 aromatic rings. The SMILES string of the molecule is Cc1occc1CN(C)CCC(C)(C)O. The third-order valence-electron chi connectivity index (χ3n) is 2.51. The summed E-state index contributed by atoms with van der Waals surface area (Å²) in [6.07, 6.45) is 2.49. The highest BCUT2D eigenvalue weighted by Crippen LogP contribution is 2.13. The molecule has 0 aromatic carbocycles. The van der Waals surface area contributed by atoms with Gasteiger partial charge >= 0.3 is 0 Å². The van der Waals surface area contributed by atoms with Crippen molar-refractivity contribution in [1.29, 1.82) is 0 Å². The second kappa shape index (κ2) is 4.81. The number of nitrogens with zero attached hydrogens (tertiary/aromatic N) is 1. The van der Waals surface area contributed by atoms with E-state index in [4.69, 9.17) is 4.42 Å². The van der Waals surface area contributed by atoms with E-state index >= 15 is 0 Å². The number of aliphatic hydroxyl groups is 1. The van der Waals surface area contributed by atoms with E-state index in [0.717, 1.165) is 25.3 Å². The first-order chi connectivity index (χ1) is 6.88. The van der Waals surface area contributed by atoms with Crippen LogP contribution in [-0.4, -0.2) is 29.2 Å². The first-order valence-electron chi connectivity index (χ1n) is 5.32. The predicted octanol–water partition coefficient (Wildman–Crippen LogP) is 2.18. The first kappa shape index (κ1) is 12.3. The Morgan fingerprint density at radius 2 is 2.13 bits per heavy atom. The molecule has 1 rings (SSSR count). The normalized spacial score (nSPS) is 12.4. The maximum atomic E-state index is 9.60. The molecule has 0 aliphatic rings. The molecule has 1 N–H and O–H groups in total. The molecular formula is C12H21NO2. The van der Waals surface area contributed by atoms with Crippen LogP contribution in [0.15, 0.2) is 16.7 Å². The standard InChI is InChI=1S/C12H21NO2/c1-10-11(5-8-15-10)9-13(4)7-6-12(2,3)14/h5,8,14H,6-7,9H2,1-4H3. The third-order valence-corrected chi connectivity index (χ3v) is 2.51. The van der Waals surface area contributed by atoms with Gasteiger partial charge in [-0.3, -0.25) is 0 Å². The summed E-state index contributed by atoms with van der Waals surface area (Å²) in [7, 11) is 2.05. The third kappa shape index (κ3) is 4.49. The van der Waals surface area contributed by atoms with Crippen LogP contribution in [0.5, 0.6) is 0 Å². The largest absolute Gasteiger partial charge is 0.469 e. The topological polar surface area (TPSA) is 36.6 Å². The van der Waals surface area contributed by atoms with Gasteiger partial charge in [0.25, 0.3) is 0 Å². The molecule has 1 aromatic heterocycles.